The summed E-state index contributed by atoms with van der Waals surface area (Å²) in [5.74, 6) is -5.01. The van der Waals surface area contributed by atoms with E-state index in [0.29, 0.717) is 31.2 Å². The van der Waals surface area contributed by atoms with E-state index in [1.54, 1.807) is 111 Å². The average molecular weight is 740 g/mol. The highest BCUT2D eigenvalue weighted by Crippen LogP contribution is 2.87. The first-order valence-corrected chi connectivity index (χ1v) is 16.3. The second-order valence-electron chi connectivity index (χ2n) is 12.7. The molecule has 0 bridgehead atoms. The molecule has 0 spiro atoms. The van der Waals surface area contributed by atoms with E-state index in [4.69, 9.17) is 9.47 Å². The predicted octanol–water partition coefficient (Wildman–Crippen LogP) is 7.26. The monoisotopic (exact) mass is 738 g/mol. The van der Waals surface area contributed by atoms with Gasteiger partial charge in [0.2, 0.25) is 0 Å². The van der Waals surface area contributed by atoms with Crippen LogP contribution in [0, 0.1) is 21.7 Å². The van der Waals surface area contributed by atoms with Gasteiger partial charge in [-0.1, -0.05) is 106 Å². The zero-order valence-electron chi connectivity index (χ0n) is 24.5. The number of carbonyl (C=O) groups excluding carboxylic acids is 5. The minimum Gasteiger partial charge on any atom is -0.425 e. The molecule has 4 aromatic rings. The highest BCUT2D eigenvalue weighted by atomic mass is 79.9. The first-order chi connectivity index (χ1) is 22.0. The molecular formula is C37H24Br2O7. The molecule has 0 unspecified atom stereocenters. The second kappa shape index (κ2) is 9.42. The van der Waals surface area contributed by atoms with Gasteiger partial charge >= 0.3 is 11.9 Å². The number of hydrogen-bond acceptors (Lipinski definition) is 7. The normalized spacial score (nSPS) is 31.2. The fourth-order valence-electron chi connectivity index (χ4n) is 8.65. The molecule has 4 aromatic carbocycles. The van der Waals surface area contributed by atoms with Gasteiger partial charge in [-0.2, -0.15) is 0 Å². The summed E-state index contributed by atoms with van der Waals surface area (Å²) in [7, 11) is 0. The van der Waals surface area contributed by atoms with E-state index in [2.05, 4.69) is 31.9 Å². The summed E-state index contributed by atoms with van der Waals surface area (Å²) < 4.78 is 13.0. The van der Waals surface area contributed by atoms with Crippen molar-refractivity contribution < 1.29 is 33.4 Å². The van der Waals surface area contributed by atoms with Crippen molar-refractivity contribution in [2.24, 2.45) is 21.7 Å². The highest BCUT2D eigenvalue weighted by molar-refractivity contribution is 9.10. The zero-order chi connectivity index (χ0) is 32.4. The van der Waals surface area contributed by atoms with Gasteiger partial charge in [0.1, 0.15) is 22.3 Å². The first-order valence-electron chi connectivity index (χ1n) is 14.7. The molecule has 2 aliphatic heterocycles. The molecule has 6 atom stereocenters. The Morgan fingerprint density at radius 2 is 0.957 bits per heavy atom. The molecule has 0 aromatic heterocycles. The lowest BCUT2D eigenvalue weighted by molar-refractivity contribution is -0.157. The topological polar surface area (TPSA) is 104 Å². The van der Waals surface area contributed by atoms with E-state index in [1.165, 1.54) is 0 Å². The number of fused-ring (bicyclic) bond motifs is 6. The molecular weight excluding hydrogens is 716 g/mol. The lowest BCUT2D eigenvalue weighted by atomic mass is 9.73. The Morgan fingerprint density at radius 3 is 1.33 bits per heavy atom. The lowest BCUT2D eigenvalue weighted by Crippen LogP contribution is -2.49. The van der Waals surface area contributed by atoms with Gasteiger partial charge < -0.3 is 9.47 Å². The van der Waals surface area contributed by atoms with Crippen LogP contribution in [0.4, 0.5) is 0 Å². The summed E-state index contributed by atoms with van der Waals surface area (Å²) in [5.41, 5.74) is -5.88. The van der Waals surface area contributed by atoms with E-state index >= 15 is 4.79 Å². The van der Waals surface area contributed by atoms with Gasteiger partial charge in [0.15, 0.2) is 17.3 Å². The van der Waals surface area contributed by atoms with E-state index in [9.17, 15) is 19.2 Å². The molecule has 4 aliphatic rings. The van der Waals surface area contributed by atoms with Gasteiger partial charge in [0.25, 0.3) is 0 Å². The van der Waals surface area contributed by atoms with Crippen molar-refractivity contribution in [3.63, 3.8) is 0 Å². The summed E-state index contributed by atoms with van der Waals surface area (Å²) in [6.07, 6.45) is 0. The van der Waals surface area contributed by atoms with Crippen LogP contribution in [0.2, 0.25) is 0 Å². The summed E-state index contributed by atoms with van der Waals surface area (Å²) in [5, 5.41) is 0. The van der Waals surface area contributed by atoms with Crippen molar-refractivity contribution in [2.45, 2.75) is 25.7 Å². The van der Waals surface area contributed by atoms with E-state index < -0.39 is 62.8 Å². The minimum absolute atomic E-state index is 0.236. The molecule has 2 aliphatic carbocycles. The minimum atomic E-state index is -2.11. The Kier molecular flexibility index (Phi) is 5.98. The third-order valence-electron chi connectivity index (χ3n) is 10.8. The van der Waals surface area contributed by atoms with Crippen LogP contribution in [0.3, 0.4) is 0 Å². The fraction of sp³-hybridized carbons (Fsp3) is 0.216. The maximum absolute atomic E-state index is 15.7. The Balaban J connectivity index is 1.39. The Bertz CT molecular complexity index is 1930. The summed E-state index contributed by atoms with van der Waals surface area (Å²) in [6, 6.07) is 27.0. The molecule has 2 fully saturated rings. The van der Waals surface area contributed by atoms with Crippen molar-refractivity contribution >= 4 is 61.1 Å². The zero-order valence-corrected chi connectivity index (χ0v) is 27.7. The number of ether oxygens (including phenoxy) is 2. The third kappa shape index (κ3) is 3.25. The van der Waals surface area contributed by atoms with Crippen molar-refractivity contribution in [3.05, 3.63) is 128 Å². The summed E-state index contributed by atoms with van der Waals surface area (Å²) in [6.45, 7) is 3.18. The molecule has 0 saturated heterocycles. The number of esters is 2. The van der Waals surface area contributed by atoms with Crippen LogP contribution in [0.5, 0.6) is 11.5 Å². The first kappa shape index (κ1) is 29.2. The number of rotatable bonds is 6. The molecule has 7 nitrogen and oxygen atoms in total. The van der Waals surface area contributed by atoms with Crippen LogP contribution >= 0.6 is 31.9 Å². The van der Waals surface area contributed by atoms with Crippen molar-refractivity contribution in [3.8, 4) is 11.5 Å². The van der Waals surface area contributed by atoms with E-state index in [0.717, 1.165) is 0 Å². The maximum Gasteiger partial charge on any atom is 0.326 e. The molecule has 2 saturated carbocycles. The molecule has 2 heterocycles. The Hall–Kier alpha value is -4.21. The van der Waals surface area contributed by atoms with Crippen LogP contribution in [0.15, 0.2) is 106 Å². The van der Waals surface area contributed by atoms with Gasteiger partial charge in [-0.05, 0) is 36.4 Å². The second-order valence-corrected chi connectivity index (χ2v) is 14.6. The van der Waals surface area contributed by atoms with Gasteiger partial charge in [-0.15, -0.1) is 0 Å². The van der Waals surface area contributed by atoms with Crippen LogP contribution < -0.4 is 9.47 Å². The van der Waals surface area contributed by atoms with Crippen LogP contribution in [-0.2, 0) is 14.4 Å². The molecule has 9 heteroatoms. The van der Waals surface area contributed by atoms with Gasteiger partial charge in [-0.25, -0.2) is 0 Å². The predicted molar refractivity (Wildman–Crippen MR) is 173 cm³/mol. The average Bonchev–Trinajstić information content (AvgIpc) is 3.88. The molecule has 0 amide bonds. The van der Waals surface area contributed by atoms with Crippen LogP contribution in [-0.4, -0.2) is 29.3 Å². The maximum atomic E-state index is 15.7. The molecule has 8 rings (SSSR count). The number of benzene rings is 4. The highest BCUT2D eigenvalue weighted by Gasteiger charge is 2.97. The molecule has 0 N–H and O–H groups in total. The standard InChI is InChI=1S/C37H24Br2O7/c1-34(29(40)19-9-5-3-6-10-19)27-23-17-21(38)13-15-25(23)45-32(43)36(27,34)31(42)37-28(24-18-22(39)14-16-26(24)46-33(37)44)35(37,2)30(41)20-11-7-4-8-12-20/h3-18,27-28H,1-2H3/t27-,28-,34-,35+,36-,37-/m0/s1. The van der Waals surface area contributed by atoms with E-state index in [-0.39, 0.29) is 11.5 Å². The quantitative estimate of drug-likeness (QED) is 0.0888. The fourth-order valence-corrected chi connectivity index (χ4v) is 9.41. The van der Waals surface area contributed by atoms with Crippen LogP contribution in [0.1, 0.15) is 57.5 Å². The Labute approximate surface area is 280 Å². The molecule has 228 valence electrons. The van der Waals surface area contributed by atoms with Gasteiger partial charge in [0.05, 0.1) is 10.8 Å². The van der Waals surface area contributed by atoms with Crippen LogP contribution in [0.25, 0.3) is 0 Å². The third-order valence-corrected chi connectivity index (χ3v) is 11.8. The van der Waals surface area contributed by atoms with Gasteiger partial charge in [0, 0.05) is 43.0 Å². The summed E-state index contributed by atoms with van der Waals surface area (Å²) >= 11 is 6.97. The number of Topliss-reactive ketones (excluding diaryl/α,β-unsaturated/α-hetero) is 3. The smallest absolute Gasteiger partial charge is 0.326 e. The van der Waals surface area contributed by atoms with E-state index in [1.807, 2.05) is 0 Å². The SMILES string of the molecule is C[C@]1(C(=O)c2ccccc2)[C@@H]2c3cc(Br)ccc3OC(=O)[C@@]21C(=O)[C@]12C(=O)Oc3ccc(Br)cc3[C@H]1[C@@]2(C)C(=O)c1ccccc1. The Morgan fingerprint density at radius 1 is 0.587 bits per heavy atom. The number of ketones is 3. The lowest BCUT2D eigenvalue weighted by Gasteiger charge is -2.30. The molecule has 46 heavy (non-hydrogen) atoms. The van der Waals surface area contributed by atoms with Crippen molar-refractivity contribution in [1.29, 1.82) is 0 Å². The number of halogens is 2. The largest absolute Gasteiger partial charge is 0.425 e. The summed E-state index contributed by atoms with van der Waals surface area (Å²) in [4.78, 5) is 73.5. The van der Waals surface area contributed by atoms with Crippen molar-refractivity contribution in [1.82, 2.24) is 0 Å². The number of carbonyl (C=O) groups is 5. The number of hydrogen-bond donors (Lipinski definition) is 0. The van der Waals surface area contributed by atoms with Gasteiger partial charge in [-0.3, -0.25) is 24.0 Å². The molecule has 0 radical (unpaired) electrons. The van der Waals surface area contributed by atoms with Crippen molar-refractivity contribution in [2.75, 3.05) is 0 Å².